The van der Waals surface area contributed by atoms with Gasteiger partial charge in [-0.15, -0.1) is 13.2 Å². The molecule has 0 radical (unpaired) electrons. The van der Waals surface area contributed by atoms with Gasteiger partial charge in [0.1, 0.15) is 5.52 Å². The molecule has 0 aliphatic carbocycles. The minimum absolute atomic E-state index is 0.0811. The Labute approximate surface area is 218 Å². The quantitative estimate of drug-likeness (QED) is 0.253. The molecule has 0 saturated heterocycles. The van der Waals surface area contributed by atoms with Crippen molar-refractivity contribution >= 4 is 54.2 Å². The van der Waals surface area contributed by atoms with Crippen molar-refractivity contribution in [1.82, 2.24) is 19.1 Å². The van der Waals surface area contributed by atoms with Gasteiger partial charge in [-0.1, -0.05) is 41.2 Å². The van der Waals surface area contributed by atoms with Crippen LogP contribution >= 0.6 is 22.9 Å². The lowest BCUT2D eigenvalue weighted by atomic mass is 10.2. The maximum absolute atomic E-state index is 13.6. The molecule has 2 aromatic carbocycles. The second-order valence-electron chi connectivity index (χ2n) is 7.73. The van der Waals surface area contributed by atoms with Crippen LogP contribution in [0.4, 0.5) is 5.13 Å². The molecule has 2 heterocycles. The first kappa shape index (κ1) is 25.8. The van der Waals surface area contributed by atoms with Crippen LogP contribution in [-0.2, 0) is 16.6 Å². The van der Waals surface area contributed by atoms with Crippen molar-refractivity contribution < 1.29 is 13.2 Å². The lowest BCUT2D eigenvalue weighted by Gasteiger charge is -2.21. The Morgan fingerprint density at radius 1 is 1.08 bits per heavy atom. The van der Waals surface area contributed by atoms with Gasteiger partial charge in [-0.2, -0.15) is 9.40 Å². The van der Waals surface area contributed by atoms with E-state index < -0.39 is 10.0 Å². The van der Waals surface area contributed by atoms with E-state index in [9.17, 15) is 13.2 Å². The molecule has 0 spiro atoms. The molecule has 0 saturated carbocycles. The molecule has 2 aromatic heterocycles. The zero-order valence-electron chi connectivity index (χ0n) is 19.3. The van der Waals surface area contributed by atoms with Crippen molar-refractivity contribution in [2.24, 2.45) is 0 Å². The first-order valence-electron chi connectivity index (χ1n) is 11.0. The maximum atomic E-state index is 13.6. The number of carbonyl (C=O) groups excluding carboxylic acids is 1. The summed E-state index contributed by atoms with van der Waals surface area (Å²) in [6, 6.07) is 13.2. The fraction of sp³-hybridized carbons (Fsp3) is 0.160. The van der Waals surface area contributed by atoms with Crippen molar-refractivity contribution in [2.75, 3.05) is 24.5 Å². The van der Waals surface area contributed by atoms with Crippen LogP contribution in [0.25, 0.3) is 10.2 Å². The fourth-order valence-corrected chi connectivity index (χ4v) is 6.24. The number of fused-ring (bicyclic) bond motifs is 1. The number of halogens is 1. The number of anilines is 1. The van der Waals surface area contributed by atoms with E-state index in [1.54, 1.807) is 21.8 Å². The Bertz CT molecular complexity index is 1470. The summed E-state index contributed by atoms with van der Waals surface area (Å²) in [4.78, 5) is 19.9. The molecule has 0 aliphatic rings. The molecule has 0 N–H and O–H groups in total. The highest BCUT2D eigenvalue weighted by atomic mass is 35.5. The zero-order valence-corrected chi connectivity index (χ0v) is 21.7. The van der Waals surface area contributed by atoms with E-state index in [2.05, 4.69) is 23.2 Å². The summed E-state index contributed by atoms with van der Waals surface area (Å²) in [5.41, 5.74) is 0.959. The summed E-state index contributed by atoms with van der Waals surface area (Å²) >= 11 is 7.67. The van der Waals surface area contributed by atoms with Crippen molar-refractivity contribution in [3.8, 4) is 0 Å². The molecule has 4 rings (SSSR count). The molecule has 0 bridgehead atoms. The predicted octanol–water partition coefficient (Wildman–Crippen LogP) is 4.86. The highest BCUT2D eigenvalue weighted by Gasteiger charge is 2.25. The highest BCUT2D eigenvalue weighted by Crippen LogP contribution is 2.33. The minimum Gasteiger partial charge on any atom is -0.282 e. The number of para-hydroxylation sites is 1. The standard InChI is InChI=1S/C25H24ClN5O3S2/c1-3-14-30(15-4-2)36(33,34)20-11-9-19(10-12-20)24(32)31(18-17-29-16-6-13-27-29)25-28-23-21(26)7-5-8-22(23)35-25/h3-13,16H,1-2,14-15,17-18H2. The average Bonchev–Trinajstić information content (AvgIpc) is 3.55. The summed E-state index contributed by atoms with van der Waals surface area (Å²) in [6.45, 7) is 8.30. The van der Waals surface area contributed by atoms with E-state index in [0.29, 0.717) is 34.3 Å². The first-order chi connectivity index (χ1) is 17.3. The van der Waals surface area contributed by atoms with Crippen molar-refractivity contribution in [2.45, 2.75) is 11.4 Å². The van der Waals surface area contributed by atoms with Crippen molar-refractivity contribution in [1.29, 1.82) is 0 Å². The molecule has 0 fully saturated rings. The SMILES string of the molecule is C=CCN(CC=C)S(=O)(=O)c1ccc(C(=O)N(CCn2cccn2)c2nc3c(Cl)cccc3s2)cc1. The third-order valence-electron chi connectivity index (χ3n) is 5.35. The monoisotopic (exact) mass is 541 g/mol. The molecule has 4 aromatic rings. The third-order valence-corrected chi connectivity index (χ3v) is 8.55. The number of sulfonamides is 1. The van der Waals surface area contributed by atoms with Crippen LogP contribution in [-0.4, -0.2) is 53.0 Å². The van der Waals surface area contributed by atoms with Crippen LogP contribution < -0.4 is 4.90 Å². The zero-order chi connectivity index (χ0) is 25.7. The Morgan fingerprint density at radius 2 is 1.81 bits per heavy atom. The van der Waals surface area contributed by atoms with Crippen LogP contribution in [0.5, 0.6) is 0 Å². The van der Waals surface area contributed by atoms with Gasteiger partial charge in [0, 0.05) is 37.6 Å². The minimum atomic E-state index is -3.77. The number of hydrogen-bond acceptors (Lipinski definition) is 6. The summed E-state index contributed by atoms with van der Waals surface area (Å²) in [6.07, 6.45) is 6.52. The number of aromatic nitrogens is 3. The number of thiazole rings is 1. The largest absolute Gasteiger partial charge is 0.282 e. The lowest BCUT2D eigenvalue weighted by molar-refractivity contribution is 0.0985. The summed E-state index contributed by atoms with van der Waals surface area (Å²) < 4.78 is 29.9. The predicted molar refractivity (Wildman–Crippen MR) is 144 cm³/mol. The molecule has 36 heavy (non-hydrogen) atoms. The van der Waals surface area contributed by atoms with Crippen LogP contribution in [0.1, 0.15) is 10.4 Å². The molecule has 0 unspecified atom stereocenters. The lowest BCUT2D eigenvalue weighted by Crippen LogP contribution is -2.34. The molecule has 11 heteroatoms. The highest BCUT2D eigenvalue weighted by molar-refractivity contribution is 7.89. The van der Waals surface area contributed by atoms with Gasteiger partial charge in [-0.3, -0.25) is 14.4 Å². The summed E-state index contributed by atoms with van der Waals surface area (Å²) in [5.74, 6) is -0.310. The normalized spacial score (nSPS) is 11.6. The molecular weight excluding hydrogens is 518 g/mol. The van der Waals surface area contributed by atoms with E-state index in [4.69, 9.17) is 11.6 Å². The smallest absolute Gasteiger partial charge is 0.260 e. The van der Waals surface area contributed by atoms with Crippen molar-refractivity contribution in [3.05, 3.63) is 96.8 Å². The second-order valence-corrected chi connectivity index (χ2v) is 11.1. The summed E-state index contributed by atoms with van der Waals surface area (Å²) in [5, 5.41) is 5.21. The van der Waals surface area contributed by atoms with Crippen LogP contribution in [0, 0.1) is 0 Å². The van der Waals surface area contributed by atoms with Crippen molar-refractivity contribution in [3.63, 3.8) is 0 Å². The summed E-state index contributed by atoms with van der Waals surface area (Å²) in [7, 11) is -3.77. The van der Waals surface area contributed by atoms with E-state index in [-0.39, 0.29) is 23.9 Å². The first-order valence-corrected chi connectivity index (χ1v) is 13.6. The Morgan fingerprint density at radius 3 is 2.42 bits per heavy atom. The van der Waals surface area contributed by atoms with Gasteiger partial charge in [0.15, 0.2) is 5.13 Å². The number of hydrogen-bond donors (Lipinski definition) is 0. The molecule has 1 amide bonds. The van der Waals surface area contributed by atoms with Crippen LogP contribution in [0.3, 0.4) is 0 Å². The van der Waals surface area contributed by atoms with E-state index >= 15 is 0 Å². The van der Waals surface area contributed by atoms with E-state index in [0.717, 1.165) is 4.70 Å². The van der Waals surface area contributed by atoms with E-state index in [1.807, 2.05) is 24.4 Å². The van der Waals surface area contributed by atoms with Gasteiger partial charge < -0.3 is 0 Å². The van der Waals surface area contributed by atoms with Crippen LogP contribution in [0.15, 0.2) is 91.1 Å². The van der Waals surface area contributed by atoms with Gasteiger partial charge in [0.25, 0.3) is 5.91 Å². The number of nitrogens with zero attached hydrogens (tertiary/aromatic N) is 5. The van der Waals surface area contributed by atoms with Gasteiger partial charge in [-0.05, 0) is 42.5 Å². The fourth-order valence-electron chi connectivity index (χ4n) is 3.57. The number of rotatable bonds is 11. The van der Waals surface area contributed by atoms with Crippen LogP contribution in [0.2, 0.25) is 5.02 Å². The number of amides is 1. The van der Waals surface area contributed by atoms with Gasteiger partial charge in [0.2, 0.25) is 10.0 Å². The van der Waals surface area contributed by atoms with Gasteiger partial charge >= 0.3 is 0 Å². The molecular formula is C25H24ClN5O3S2. The molecule has 8 nitrogen and oxygen atoms in total. The number of benzene rings is 2. The van der Waals surface area contributed by atoms with E-state index in [1.165, 1.54) is 52.1 Å². The number of carbonyl (C=O) groups is 1. The Kier molecular flexibility index (Phi) is 8.00. The second kappa shape index (κ2) is 11.2. The third kappa shape index (κ3) is 5.41. The molecule has 186 valence electrons. The van der Waals surface area contributed by atoms with Gasteiger partial charge in [-0.25, -0.2) is 13.4 Å². The Hall–Kier alpha value is -3.31. The molecule has 0 atom stereocenters. The van der Waals surface area contributed by atoms with Gasteiger partial charge in [0.05, 0.1) is 21.2 Å². The topological polar surface area (TPSA) is 88.4 Å². The Balaban J connectivity index is 1.65. The molecule has 0 aliphatic heterocycles. The maximum Gasteiger partial charge on any atom is 0.260 e. The average molecular weight is 542 g/mol.